The number of nitrogens with one attached hydrogen (secondary N) is 3. The summed E-state index contributed by atoms with van der Waals surface area (Å²) in [6.45, 7) is 5.55. The van der Waals surface area contributed by atoms with Crippen LogP contribution in [0.3, 0.4) is 0 Å². The van der Waals surface area contributed by atoms with Gasteiger partial charge in [-0.3, -0.25) is 10.1 Å². The van der Waals surface area contributed by atoms with E-state index in [-0.39, 0.29) is 11.1 Å². The Bertz CT molecular complexity index is 679. The molecule has 0 atom stereocenters. The van der Waals surface area contributed by atoms with Gasteiger partial charge in [0.2, 0.25) is 0 Å². The predicted octanol–water partition coefficient (Wildman–Crippen LogP) is 3.55. The SMILES string of the molecule is C/C(=C\NC(=S)NC(=O)NCCSCc1ccccc1)SC(C)(C)C(=O)O. The lowest BCUT2D eigenvalue weighted by molar-refractivity contribution is -0.138. The maximum absolute atomic E-state index is 11.8. The molecule has 1 aromatic rings. The average molecular weight is 428 g/mol. The van der Waals surface area contributed by atoms with E-state index in [2.05, 4.69) is 28.1 Å². The lowest BCUT2D eigenvalue weighted by atomic mass is 10.2. The highest BCUT2D eigenvalue weighted by atomic mass is 32.2. The smallest absolute Gasteiger partial charge is 0.321 e. The second-order valence-electron chi connectivity index (χ2n) is 6.07. The standard InChI is InChI=1S/C18H25N3O3S3/c1-13(27-18(2,3)15(22)23)11-20-17(25)21-16(24)19-9-10-26-12-14-7-5-4-6-8-14/h4-8,11H,9-10,12H2,1-3H3,(H,22,23)(H3,19,20,21,24,25)/b13-11+. The van der Waals surface area contributed by atoms with Gasteiger partial charge in [-0.25, -0.2) is 4.79 Å². The van der Waals surface area contributed by atoms with Crippen LogP contribution in [0.5, 0.6) is 0 Å². The van der Waals surface area contributed by atoms with Gasteiger partial charge in [-0.05, 0) is 43.5 Å². The Balaban J connectivity index is 2.21. The fraction of sp³-hybridized carbons (Fsp3) is 0.389. The number of rotatable bonds is 9. The molecule has 0 fully saturated rings. The van der Waals surface area contributed by atoms with E-state index < -0.39 is 10.7 Å². The Morgan fingerprint density at radius 1 is 1.26 bits per heavy atom. The highest BCUT2D eigenvalue weighted by molar-refractivity contribution is 8.05. The Hall–Kier alpha value is -1.71. The van der Waals surface area contributed by atoms with Crippen LogP contribution in [-0.2, 0) is 10.5 Å². The first kappa shape index (κ1) is 23.3. The fourth-order valence-electron chi connectivity index (χ4n) is 1.83. The van der Waals surface area contributed by atoms with Crippen molar-refractivity contribution in [1.29, 1.82) is 0 Å². The second kappa shape index (κ2) is 11.9. The number of aliphatic carboxylic acids is 1. The number of thioether (sulfide) groups is 2. The highest BCUT2D eigenvalue weighted by Crippen LogP contribution is 2.30. The van der Waals surface area contributed by atoms with Gasteiger partial charge in [0.1, 0.15) is 4.75 Å². The van der Waals surface area contributed by atoms with Crippen LogP contribution in [0.15, 0.2) is 41.4 Å². The zero-order chi connectivity index (χ0) is 20.3. The summed E-state index contributed by atoms with van der Waals surface area (Å²) in [6.07, 6.45) is 1.58. The van der Waals surface area contributed by atoms with Gasteiger partial charge in [-0.1, -0.05) is 30.3 Å². The zero-order valence-corrected chi connectivity index (χ0v) is 18.0. The van der Waals surface area contributed by atoms with Crippen molar-refractivity contribution in [2.45, 2.75) is 31.3 Å². The molecule has 2 amide bonds. The van der Waals surface area contributed by atoms with E-state index in [0.717, 1.165) is 16.4 Å². The number of hydrogen-bond acceptors (Lipinski definition) is 5. The number of benzene rings is 1. The Morgan fingerprint density at radius 2 is 1.93 bits per heavy atom. The lowest BCUT2D eigenvalue weighted by Gasteiger charge is -2.18. The summed E-state index contributed by atoms with van der Waals surface area (Å²) >= 11 is 7.98. The Kier molecular flexibility index (Phi) is 10.3. The van der Waals surface area contributed by atoms with Crippen molar-refractivity contribution < 1.29 is 14.7 Å². The van der Waals surface area contributed by atoms with E-state index in [1.165, 1.54) is 17.3 Å². The van der Waals surface area contributed by atoms with Crippen LogP contribution in [0.2, 0.25) is 0 Å². The summed E-state index contributed by atoms with van der Waals surface area (Å²) in [4.78, 5) is 23.6. The van der Waals surface area contributed by atoms with Gasteiger partial charge < -0.3 is 15.7 Å². The van der Waals surface area contributed by atoms with Crippen molar-refractivity contribution in [2.24, 2.45) is 0 Å². The molecule has 0 saturated carbocycles. The molecule has 0 bridgehead atoms. The number of carboxylic acid groups (broad SMARTS) is 1. The van der Waals surface area contributed by atoms with Crippen LogP contribution < -0.4 is 16.0 Å². The van der Waals surface area contributed by atoms with Crippen LogP contribution in [-0.4, -0.2) is 39.3 Å². The molecule has 0 spiro atoms. The first-order valence-electron chi connectivity index (χ1n) is 8.27. The summed E-state index contributed by atoms with van der Waals surface area (Å²) in [5.41, 5.74) is 1.25. The van der Waals surface area contributed by atoms with Crippen molar-refractivity contribution in [2.75, 3.05) is 12.3 Å². The van der Waals surface area contributed by atoms with Crippen molar-refractivity contribution in [3.05, 3.63) is 47.0 Å². The molecule has 0 aliphatic carbocycles. The molecule has 6 nitrogen and oxygen atoms in total. The molecule has 0 heterocycles. The van der Waals surface area contributed by atoms with Crippen molar-refractivity contribution in [3.63, 3.8) is 0 Å². The molecule has 0 aromatic heterocycles. The molecule has 9 heteroatoms. The highest BCUT2D eigenvalue weighted by Gasteiger charge is 2.28. The van der Waals surface area contributed by atoms with Crippen LogP contribution in [0, 0.1) is 0 Å². The van der Waals surface area contributed by atoms with Gasteiger partial charge in [0.25, 0.3) is 0 Å². The molecule has 0 radical (unpaired) electrons. The number of thiocarbonyl (C=S) groups is 1. The van der Waals surface area contributed by atoms with Crippen LogP contribution in [0.1, 0.15) is 26.3 Å². The van der Waals surface area contributed by atoms with Gasteiger partial charge in [0.15, 0.2) is 5.11 Å². The summed E-state index contributed by atoms with van der Waals surface area (Å²) < 4.78 is -0.938. The maximum Gasteiger partial charge on any atom is 0.321 e. The summed E-state index contributed by atoms with van der Waals surface area (Å²) in [5, 5.41) is 17.3. The Labute approximate surface area is 173 Å². The number of urea groups is 1. The molecular weight excluding hydrogens is 402 g/mol. The van der Waals surface area contributed by atoms with Crippen molar-refractivity contribution in [3.8, 4) is 0 Å². The van der Waals surface area contributed by atoms with Crippen molar-refractivity contribution in [1.82, 2.24) is 16.0 Å². The third-order valence-corrected chi connectivity index (χ3v) is 5.58. The third-order valence-electron chi connectivity index (χ3n) is 3.21. The van der Waals surface area contributed by atoms with E-state index in [1.54, 1.807) is 38.7 Å². The maximum atomic E-state index is 11.8. The van der Waals surface area contributed by atoms with Gasteiger partial charge in [0.05, 0.1) is 0 Å². The number of hydrogen-bond donors (Lipinski definition) is 4. The topological polar surface area (TPSA) is 90.5 Å². The van der Waals surface area contributed by atoms with E-state index >= 15 is 0 Å². The molecule has 27 heavy (non-hydrogen) atoms. The predicted molar refractivity (Wildman–Crippen MR) is 118 cm³/mol. The molecule has 0 aliphatic rings. The number of carbonyl (C=O) groups is 2. The van der Waals surface area contributed by atoms with Crippen molar-refractivity contribution >= 4 is 52.9 Å². The fourth-order valence-corrected chi connectivity index (χ4v) is 3.81. The lowest BCUT2D eigenvalue weighted by Crippen LogP contribution is -2.43. The number of carboxylic acids is 1. The molecule has 0 saturated heterocycles. The average Bonchev–Trinajstić information content (AvgIpc) is 2.60. The Morgan fingerprint density at radius 3 is 2.56 bits per heavy atom. The first-order valence-corrected chi connectivity index (χ1v) is 10.6. The van der Waals surface area contributed by atoms with Gasteiger partial charge in [-0.15, -0.1) is 11.8 Å². The minimum absolute atomic E-state index is 0.150. The molecule has 1 rings (SSSR count). The summed E-state index contributed by atoms with van der Waals surface area (Å²) in [7, 11) is 0. The van der Waals surface area contributed by atoms with Gasteiger partial charge in [0, 0.05) is 24.3 Å². The van der Waals surface area contributed by atoms with Crippen LogP contribution in [0.4, 0.5) is 4.79 Å². The number of amides is 2. The van der Waals surface area contributed by atoms with Gasteiger partial charge >= 0.3 is 12.0 Å². The van der Waals surface area contributed by atoms with E-state index in [1.807, 2.05) is 18.2 Å². The largest absolute Gasteiger partial charge is 0.480 e. The first-order chi connectivity index (χ1) is 12.7. The monoisotopic (exact) mass is 427 g/mol. The second-order valence-corrected chi connectivity index (χ2v) is 9.45. The molecule has 0 aliphatic heterocycles. The number of allylic oxidation sites excluding steroid dienone is 1. The van der Waals surface area contributed by atoms with E-state index in [9.17, 15) is 9.59 Å². The normalized spacial score (nSPS) is 11.6. The molecular formula is C18H25N3O3S3. The van der Waals surface area contributed by atoms with E-state index in [0.29, 0.717) is 6.54 Å². The summed E-state index contributed by atoms with van der Waals surface area (Å²) in [5.74, 6) is 0.798. The molecule has 148 valence electrons. The minimum atomic E-state index is -0.938. The van der Waals surface area contributed by atoms with E-state index in [4.69, 9.17) is 17.3 Å². The zero-order valence-electron chi connectivity index (χ0n) is 15.6. The summed E-state index contributed by atoms with van der Waals surface area (Å²) in [6, 6.07) is 9.77. The molecule has 1 aromatic carbocycles. The molecule has 0 unspecified atom stereocenters. The third kappa shape index (κ3) is 10.3. The van der Waals surface area contributed by atoms with Crippen LogP contribution >= 0.6 is 35.7 Å². The molecule has 4 N–H and O–H groups in total. The van der Waals surface area contributed by atoms with Crippen LogP contribution in [0.25, 0.3) is 0 Å². The minimum Gasteiger partial charge on any atom is -0.480 e. The van der Waals surface area contributed by atoms with Gasteiger partial charge in [-0.2, -0.15) is 11.8 Å². The quantitative estimate of drug-likeness (QED) is 0.354. The number of carbonyl (C=O) groups excluding carboxylic acids is 1.